The zero-order chi connectivity index (χ0) is 18.1. The molecule has 1 N–H and O–H groups in total. The maximum absolute atomic E-state index is 12.6. The minimum absolute atomic E-state index is 0.0966. The Morgan fingerprint density at radius 3 is 2.62 bits per heavy atom. The zero-order valence-electron chi connectivity index (χ0n) is 13.8. The van der Waals surface area contributed by atoms with Gasteiger partial charge in [-0.3, -0.25) is 9.59 Å². The lowest BCUT2D eigenvalue weighted by molar-refractivity contribution is -0.143. The molecule has 1 aliphatic rings. The van der Waals surface area contributed by atoms with Gasteiger partial charge in [-0.15, -0.1) is 0 Å². The van der Waals surface area contributed by atoms with Crippen molar-refractivity contribution in [3.05, 3.63) is 23.3 Å². The molecular formula is C16H20ClNO5S. The molecule has 0 unspecified atom stereocenters. The number of carbonyl (C=O) groups excluding carboxylic acids is 2. The topological polar surface area (TPSA) is 89.5 Å². The predicted octanol–water partition coefficient (Wildman–Crippen LogP) is 2.74. The van der Waals surface area contributed by atoms with Gasteiger partial charge in [0.1, 0.15) is 4.90 Å². The van der Waals surface area contributed by atoms with E-state index in [1.165, 1.54) is 6.07 Å². The molecule has 1 aromatic carbocycles. The molecule has 1 heterocycles. The summed E-state index contributed by atoms with van der Waals surface area (Å²) in [7, 11) is 1.49. The van der Waals surface area contributed by atoms with Gasteiger partial charge in [-0.25, -0.2) is 8.42 Å². The first-order chi connectivity index (χ1) is 11.1. The minimum Gasteiger partial charge on any atom is -0.466 e. The van der Waals surface area contributed by atoms with Gasteiger partial charge >= 0.3 is 5.97 Å². The quantitative estimate of drug-likeness (QED) is 0.630. The predicted molar refractivity (Wildman–Crippen MR) is 91.0 cm³/mol. The maximum Gasteiger partial charge on any atom is 0.306 e. The summed E-state index contributed by atoms with van der Waals surface area (Å²) < 4.78 is 28.6. The highest BCUT2D eigenvalue weighted by Crippen LogP contribution is 2.38. The molecule has 1 aliphatic heterocycles. The highest BCUT2D eigenvalue weighted by atomic mass is 35.7. The van der Waals surface area contributed by atoms with Crippen LogP contribution in [0.3, 0.4) is 0 Å². The van der Waals surface area contributed by atoms with E-state index in [4.69, 9.17) is 15.4 Å². The van der Waals surface area contributed by atoms with Gasteiger partial charge in [-0.1, -0.05) is 13.8 Å². The van der Waals surface area contributed by atoms with Crippen LogP contribution < -0.4 is 5.32 Å². The number of anilines is 1. The summed E-state index contributed by atoms with van der Waals surface area (Å²) >= 11 is 0. The van der Waals surface area contributed by atoms with Crippen LogP contribution in [0.5, 0.6) is 0 Å². The molecule has 0 saturated heterocycles. The monoisotopic (exact) mass is 373 g/mol. The number of fused-ring (bicyclic) bond motifs is 1. The van der Waals surface area contributed by atoms with E-state index in [0.29, 0.717) is 12.1 Å². The highest BCUT2D eigenvalue weighted by Gasteiger charge is 2.37. The number of hydrogen-bond acceptors (Lipinski definition) is 6. The van der Waals surface area contributed by atoms with Gasteiger partial charge in [-0.05, 0) is 31.0 Å². The molecule has 0 spiro atoms. The molecule has 0 amide bonds. The van der Waals surface area contributed by atoms with E-state index in [0.717, 1.165) is 0 Å². The van der Waals surface area contributed by atoms with Gasteiger partial charge in [0.05, 0.1) is 12.3 Å². The Bertz CT molecular complexity index is 786. The molecule has 6 nitrogen and oxygen atoms in total. The fourth-order valence-corrected chi connectivity index (χ4v) is 3.69. The molecular weight excluding hydrogens is 354 g/mol. The molecule has 0 radical (unpaired) electrons. The lowest BCUT2D eigenvalue weighted by Crippen LogP contribution is -2.37. The standard InChI is InChI=1S/C16H20ClNO5S/c1-4-23-13(19)6-5-10-7-11-14(12(8-10)24(17,21)22)18-9-16(2,3)15(11)20/h7-8,18H,4-6,9H2,1-3H3. The molecule has 0 atom stereocenters. The van der Waals surface area contributed by atoms with Crippen molar-refractivity contribution in [1.82, 2.24) is 0 Å². The second-order valence-corrected chi connectivity index (χ2v) is 8.86. The van der Waals surface area contributed by atoms with Crippen molar-refractivity contribution in [1.29, 1.82) is 0 Å². The Morgan fingerprint density at radius 1 is 1.38 bits per heavy atom. The number of nitrogens with one attached hydrogen (secondary N) is 1. The number of halogens is 1. The summed E-state index contributed by atoms with van der Waals surface area (Å²) in [5.74, 6) is -0.536. The normalized spacial score (nSPS) is 16.2. The van der Waals surface area contributed by atoms with Gasteiger partial charge < -0.3 is 10.1 Å². The third kappa shape index (κ3) is 3.89. The summed E-state index contributed by atoms with van der Waals surface area (Å²) in [6.45, 7) is 5.87. The van der Waals surface area contributed by atoms with Gasteiger partial charge in [0, 0.05) is 34.6 Å². The first-order valence-electron chi connectivity index (χ1n) is 7.62. The number of rotatable bonds is 5. The molecule has 132 valence electrons. The lowest BCUT2D eigenvalue weighted by atomic mass is 9.80. The molecule has 1 aromatic rings. The van der Waals surface area contributed by atoms with E-state index in [2.05, 4.69) is 5.32 Å². The Balaban J connectivity index is 2.47. The van der Waals surface area contributed by atoms with E-state index in [1.54, 1.807) is 26.8 Å². The van der Waals surface area contributed by atoms with Crippen LogP contribution in [0.15, 0.2) is 17.0 Å². The van der Waals surface area contributed by atoms with Crippen LogP contribution in [-0.2, 0) is 25.0 Å². The van der Waals surface area contributed by atoms with Crippen LogP contribution in [0.25, 0.3) is 0 Å². The smallest absolute Gasteiger partial charge is 0.306 e. The van der Waals surface area contributed by atoms with Crippen molar-refractivity contribution in [3.8, 4) is 0 Å². The fourth-order valence-electron chi connectivity index (χ4n) is 2.60. The largest absolute Gasteiger partial charge is 0.466 e. The maximum atomic E-state index is 12.6. The van der Waals surface area contributed by atoms with Crippen LogP contribution in [0.4, 0.5) is 5.69 Å². The van der Waals surface area contributed by atoms with E-state index in [-0.39, 0.29) is 47.3 Å². The van der Waals surface area contributed by atoms with Gasteiger partial charge in [-0.2, -0.15) is 0 Å². The molecule has 2 rings (SSSR count). The Kier molecular flexibility index (Phi) is 5.25. The minimum atomic E-state index is -4.03. The average molecular weight is 374 g/mol. The number of aryl methyl sites for hydroxylation is 1. The fraction of sp³-hybridized carbons (Fsp3) is 0.500. The van der Waals surface area contributed by atoms with E-state index >= 15 is 0 Å². The van der Waals surface area contributed by atoms with E-state index in [9.17, 15) is 18.0 Å². The molecule has 0 aliphatic carbocycles. The van der Waals surface area contributed by atoms with E-state index in [1.807, 2.05) is 0 Å². The number of ether oxygens (including phenoxy) is 1. The lowest BCUT2D eigenvalue weighted by Gasteiger charge is -2.32. The summed E-state index contributed by atoms with van der Waals surface area (Å²) in [4.78, 5) is 24.0. The number of hydrogen-bond donors (Lipinski definition) is 1. The Morgan fingerprint density at radius 2 is 2.04 bits per heavy atom. The number of ketones is 1. The molecule has 24 heavy (non-hydrogen) atoms. The molecule has 0 fully saturated rings. The first kappa shape index (κ1) is 18.7. The van der Waals surface area contributed by atoms with Crippen molar-refractivity contribution in [2.45, 2.75) is 38.5 Å². The summed E-state index contributed by atoms with van der Waals surface area (Å²) in [5, 5.41) is 2.99. The van der Waals surface area contributed by atoms with Crippen molar-refractivity contribution < 1.29 is 22.7 Å². The van der Waals surface area contributed by atoms with Crippen molar-refractivity contribution >= 4 is 37.2 Å². The highest BCUT2D eigenvalue weighted by molar-refractivity contribution is 8.13. The molecule has 0 aromatic heterocycles. The molecule has 0 saturated carbocycles. The first-order valence-corrected chi connectivity index (χ1v) is 9.93. The summed E-state index contributed by atoms with van der Waals surface area (Å²) in [6.07, 6.45) is 0.360. The zero-order valence-corrected chi connectivity index (χ0v) is 15.4. The van der Waals surface area contributed by atoms with E-state index < -0.39 is 14.5 Å². The molecule has 0 bridgehead atoms. The van der Waals surface area contributed by atoms with Gasteiger partial charge in [0.25, 0.3) is 9.05 Å². The van der Waals surface area contributed by atoms with Gasteiger partial charge in [0.15, 0.2) is 5.78 Å². The second kappa shape index (κ2) is 6.72. The number of carbonyl (C=O) groups is 2. The number of esters is 1. The SMILES string of the molecule is CCOC(=O)CCc1cc2c(c(S(=O)(=O)Cl)c1)NCC(C)(C)C2=O. The van der Waals surface area contributed by atoms with Crippen LogP contribution in [0, 0.1) is 5.41 Å². The summed E-state index contributed by atoms with van der Waals surface area (Å²) in [5.41, 5.74) is 0.412. The number of benzene rings is 1. The van der Waals surface area contributed by atoms with Gasteiger partial charge in [0.2, 0.25) is 0 Å². The van der Waals surface area contributed by atoms with Crippen LogP contribution in [0.2, 0.25) is 0 Å². The Labute approximate surface area is 145 Å². The third-order valence-electron chi connectivity index (χ3n) is 3.91. The molecule has 8 heteroatoms. The van der Waals surface area contributed by atoms with Crippen molar-refractivity contribution in [2.24, 2.45) is 5.41 Å². The summed E-state index contributed by atoms with van der Waals surface area (Å²) in [6, 6.07) is 3.02. The Hall–Kier alpha value is -1.60. The average Bonchev–Trinajstić information content (AvgIpc) is 2.48. The van der Waals surface area contributed by atoms with Crippen LogP contribution in [0.1, 0.15) is 43.1 Å². The van der Waals surface area contributed by atoms with Crippen LogP contribution in [-0.4, -0.2) is 33.3 Å². The van der Waals surface area contributed by atoms with Crippen molar-refractivity contribution in [2.75, 3.05) is 18.5 Å². The number of Topliss-reactive ketones (excluding diaryl/α,β-unsaturated/α-hetero) is 1. The third-order valence-corrected chi connectivity index (χ3v) is 5.26. The van der Waals surface area contributed by atoms with Crippen LogP contribution >= 0.6 is 10.7 Å². The van der Waals surface area contributed by atoms with Crippen molar-refractivity contribution in [3.63, 3.8) is 0 Å². The second-order valence-electron chi connectivity index (χ2n) is 6.33.